The molecule has 2 rings (SSSR count). The van der Waals surface area contributed by atoms with Crippen molar-refractivity contribution in [1.29, 1.82) is 0 Å². The van der Waals surface area contributed by atoms with E-state index >= 15 is 0 Å². The molecule has 2 heterocycles. The summed E-state index contributed by atoms with van der Waals surface area (Å²) in [6.07, 6.45) is 1.65. The number of aryl methyl sites for hydroxylation is 1. The number of halogens is 1. The summed E-state index contributed by atoms with van der Waals surface area (Å²) in [4.78, 5) is 28.6. The van der Waals surface area contributed by atoms with Gasteiger partial charge in [-0.15, -0.1) is 11.3 Å². The van der Waals surface area contributed by atoms with Crippen molar-refractivity contribution in [3.63, 3.8) is 0 Å². The van der Waals surface area contributed by atoms with Gasteiger partial charge in [0.25, 0.3) is 5.91 Å². The quantitative estimate of drug-likeness (QED) is 0.826. The molecular weight excluding hydrogens is 328 g/mol. The van der Waals surface area contributed by atoms with Gasteiger partial charge in [0.15, 0.2) is 0 Å². The Labute approximate surface area is 125 Å². The second-order valence-corrected chi connectivity index (χ2v) is 7.33. The van der Waals surface area contributed by atoms with Crippen molar-refractivity contribution in [3.05, 3.63) is 20.3 Å². The van der Waals surface area contributed by atoms with Crippen molar-refractivity contribution >= 4 is 39.1 Å². The first-order chi connectivity index (χ1) is 8.91. The predicted molar refractivity (Wildman–Crippen MR) is 79.5 cm³/mol. The van der Waals surface area contributed by atoms with Gasteiger partial charge in [0.05, 0.1) is 8.66 Å². The summed E-state index contributed by atoms with van der Waals surface area (Å²) in [7, 11) is 3.46. The molecule has 0 aromatic carbocycles. The zero-order chi connectivity index (χ0) is 14.2. The van der Waals surface area contributed by atoms with Gasteiger partial charge in [-0.05, 0) is 47.3 Å². The van der Waals surface area contributed by atoms with Crippen LogP contribution in [0.5, 0.6) is 0 Å². The summed E-state index contributed by atoms with van der Waals surface area (Å²) >= 11 is 4.86. The van der Waals surface area contributed by atoms with E-state index in [1.54, 1.807) is 23.9 Å². The van der Waals surface area contributed by atoms with E-state index in [4.69, 9.17) is 0 Å². The standard InChI is InChI=1S/C13H17BrN2O2S/c1-8-7-10(19-11(8)14)13(18)16-6-4-5-9(16)12(17)15(2)3/h7,9H,4-6H2,1-3H3. The van der Waals surface area contributed by atoms with Crippen LogP contribution in [0.3, 0.4) is 0 Å². The Hall–Kier alpha value is -0.880. The van der Waals surface area contributed by atoms with Crippen LogP contribution in [0.15, 0.2) is 9.85 Å². The van der Waals surface area contributed by atoms with Crippen LogP contribution in [-0.2, 0) is 4.79 Å². The van der Waals surface area contributed by atoms with Crippen LogP contribution in [0.1, 0.15) is 28.1 Å². The molecule has 0 aliphatic carbocycles. The molecule has 2 amide bonds. The minimum absolute atomic E-state index is 0.0122. The molecular formula is C13H17BrN2O2S. The average molecular weight is 345 g/mol. The number of nitrogens with zero attached hydrogens (tertiary/aromatic N) is 2. The topological polar surface area (TPSA) is 40.6 Å². The van der Waals surface area contributed by atoms with E-state index in [0.717, 1.165) is 22.2 Å². The normalized spacial score (nSPS) is 18.7. The van der Waals surface area contributed by atoms with Crippen LogP contribution in [0.2, 0.25) is 0 Å². The first-order valence-corrected chi connectivity index (χ1v) is 7.81. The van der Waals surface area contributed by atoms with Gasteiger partial charge < -0.3 is 9.80 Å². The molecule has 0 saturated carbocycles. The van der Waals surface area contributed by atoms with E-state index in [9.17, 15) is 9.59 Å². The van der Waals surface area contributed by atoms with Gasteiger partial charge in [0.1, 0.15) is 6.04 Å². The average Bonchev–Trinajstić information content (AvgIpc) is 2.95. The van der Waals surface area contributed by atoms with Crippen molar-refractivity contribution in [2.45, 2.75) is 25.8 Å². The molecule has 1 fully saturated rings. The number of likely N-dealkylation sites (N-methyl/N-ethyl adjacent to an activating group) is 1. The summed E-state index contributed by atoms with van der Waals surface area (Å²) in [5, 5.41) is 0. The largest absolute Gasteiger partial charge is 0.347 e. The Balaban J connectivity index is 2.20. The van der Waals surface area contributed by atoms with Crippen LogP contribution in [-0.4, -0.2) is 48.3 Å². The molecule has 1 aromatic rings. The first-order valence-electron chi connectivity index (χ1n) is 6.20. The van der Waals surface area contributed by atoms with E-state index in [-0.39, 0.29) is 17.9 Å². The molecule has 1 unspecified atom stereocenters. The Kier molecular flexibility index (Phi) is 4.30. The summed E-state index contributed by atoms with van der Waals surface area (Å²) in [5.74, 6) is -0.0188. The number of hydrogen-bond donors (Lipinski definition) is 0. The van der Waals surface area contributed by atoms with E-state index in [0.29, 0.717) is 11.4 Å². The Morgan fingerprint density at radius 2 is 2.16 bits per heavy atom. The highest BCUT2D eigenvalue weighted by molar-refractivity contribution is 9.11. The Morgan fingerprint density at radius 3 is 2.68 bits per heavy atom. The van der Waals surface area contributed by atoms with Gasteiger partial charge in [-0.1, -0.05) is 0 Å². The number of rotatable bonds is 2. The number of carbonyl (C=O) groups is 2. The maximum Gasteiger partial charge on any atom is 0.264 e. The third-order valence-electron chi connectivity index (χ3n) is 3.31. The van der Waals surface area contributed by atoms with Gasteiger partial charge in [-0.25, -0.2) is 0 Å². The maximum atomic E-state index is 12.5. The van der Waals surface area contributed by atoms with Crippen LogP contribution in [0, 0.1) is 6.92 Å². The number of hydrogen-bond acceptors (Lipinski definition) is 3. The fraction of sp³-hybridized carbons (Fsp3) is 0.538. The van der Waals surface area contributed by atoms with E-state index < -0.39 is 0 Å². The predicted octanol–water partition coefficient (Wildman–Crippen LogP) is 2.51. The highest BCUT2D eigenvalue weighted by Gasteiger charge is 2.35. The third-order valence-corrected chi connectivity index (χ3v) is 5.43. The van der Waals surface area contributed by atoms with Crippen molar-refractivity contribution in [2.24, 2.45) is 0 Å². The summed E-state index contributed by atoms with van der Waals surface area (Å²) in [6.45, 7) is 2.63. The van der Waals surface area contributed by atoms with Crippen molar-refractivity contribution in [3.8, 4) is 0 Å². The maximum absolute atomic E-state index is 12.5. The number of amides is 2. The summed E-state index contributed by atoms with van der Waals surface area (Å²) < 4.78 is 0.977. The molecule has 0 spiro atoms. The van der Waals surface area contributed by atoms with Crippen molar-refractivity contribution in [1.82, 2.24) is 9.80 Å². The van der Waals surface area contributed by atoms with Gasteiger partial charge >= 0.3 is 0 Å². The lowest BCUT2D eigenvalue weighted by atomic mass is 10.2. The second-order valence-electron chi connectivity index (χ2n) is 4.96. The summed E-state index contributed by atoms with van der Waals surface area (Å²) in [6, 6.07) is 1.58. The van der Waals surface area contributed by atoms with Crippen molar-refractivity contribution < 1.29 is 9.59 Å². The lowest BCUT2D eigenvalue weighted by Crippen LogP contribution is -2.45. The fourth-order valence-corrected chi connectivity index (χ4v) is 3.76. The van der Waals surface area contributed by atoms with Crippen LogP contribution in [0.25, 0.3) is 0 Å². The Bertz CT molecular complexity index is 493. The lowest BCUT2D eigenvalue weighted by Gasteiger charge is -2.25. The molecule has 104 valence electrons. The zero-order valence-corrected chi connectivity index (χ0v) is 13.7. The summed E-state index contributed by atoms with van der Waals surface area (Å²) in [5.41, 5.74) is 1.06. The molecule has 1 aromatic heterocycles. The Morgan fingerprint density at radius 1 is 1.47 bits per heavy atom. The molecule has 0 bridgehead atoms. The molecule has 19 heavy (non-hydrogen) atoms. The van der Waals surface area contributed by atoms with E-state index in [2.05, 4.69) is 15.9 Å². The van der Waals surface area contributed by atoms with Crippen LogP contribution in [0.4, 0.5) is 0 Å². The molecule has 0 N–H and O–H groups in total. The fourth-order valence-electron chi connectivity index (χ4n) is 2.27. The van der Waals surface area contributed by atoms with Crippen molar-refractivity contribution in [2.75, 3.05) is 20.6 Å². The van der Waals surface area contributed by atoms with Gasteiger partial charge in [-0.3, -0.25) is 9.59 Å². The highest BCUT2D eigenvalue weighted by Crippen LogP contribution is 2.30. The third kappa shape index (κ3) is 2.84. The van der Waals surface area contributed by atoms with Gasteiger partial charge in [-0.2, -0.15) is 0 Å². The smallest absolute Gasteiger partial charge is 0.264 e. The molecule has 1 aliphatic heterocycles. The van der Waals surface area contributed by atoms with E-state index in [1.165, 1.54) is 11.3 Å². The molecule has 4 nitrogen and oxygen atoms in total. The molecule has 1 atom stereocenters. The first kappa shape index (κ1) is 14.5. The monoisotopic (exact) mass is 344 g/mol. The number of likely N-dealkylation sites (tertiary alicyclic amines) is 1. The molecule has 1 saturated heterocycles. The van der Waals surface area contributed by atoms with Crippen LogP contribution < -0.4 is 0 Å². The molecule has 0 radical (unpaired) electrons. The highest BCUT2D eigenvalue weighted by atomic mass is 79.9. The second kappa shape index (κ2) is 5.63. The minimum Gasteiger partial charge on any atom is -0.347 e. The van der Waals surface area contributed by atoms with Crippen LogP contribution >= 0.6 is 27.3 Å². The molecule has 6 heteroatoms. The van der Waals surface area contributed by atoms with Gasteiger partial charge in [0.2, 0.25) is 5.91 Å². The molecule has 1 aliphatic rings. The lowest BCUT2D eigenvalue weighted by molar-refractivity contribution is -0.132. The zero-order valence-electron chi connectivity index (χ0n) is 11.3. The van der Waals surface area contributed by atoms with E-state index in [1.807, 2.05) is 13.0 Å². The number of carbonyl (C=O) groups excluding carboxylic acids is 2. The number of thiophene rings is 1. The SMILES string of the molecule is Cc1cc(C(=O)N2CCCC2C(=O)N(C)C)sc1Br. The van der Waals surface area contributed by atoms with Gasteiger partial charge in [0, 0.05) is 20.6 Å². The minimum atomic E-state index is -0.302.